The Labute approximate surface area is 93.2 Å². The second kappa shape index (κ2) is 5.28. The summed E-state index contributed by atoms with van der Waals surface area (Å²) in [6, 6.07) is 1.30. The first-order valence-corrected chi connectivity index (χ1v) is 6.34. The van der Waals surface area contributed by atoms with E-state index in [-0.39, 0.29) is 0 Å². The van der Waals surface area contributed by atoms with E-state index in [0.29, 0.717) is 18.2 Å². The van der Waals surface area contributed by atoms with Gasteiger partial charge in [0.05, 0.1) is 12.7 Å². The zero-order valence-electron chi connectivity index (χ0n) is 10.0. The lowest BCUT2D eigenvalue weighted by atomic mass is 10.0. The van der Waals surface area contributed by atoms with E-state index in [1.165, 1.54) is 32.4 Å². The van der Waals surface area contributed by atoms with E-state index in [2.05, 4.69) is 24.1 Å². The van der Waals surface area contributed by atoms with E-state index >= 15 is 0 Å². The zero-order chi connectivity index (χ0) is 10.7. The van der Waals surface area contributed by atoms with Crippen LogP contribution in [-0.2, 0) is 4.74 Å². The Morgan fingerprint density at radius 2 is 2.20 bits per heavy atom. The number of piperidine rings is 1. The third-order valence-electron chi connectivity index (χ3n) is 3.60. The third kappa shape index (κ3) is 3.16. The first kappa shape index (κ1) is 11.4. The lowest BCUT2D eigenvalue weighted by Crippen LogP contribution is -2.53. The van der Waals surface area contributed by atoms with Gasteiger partial charge in [-0.25, -0.2) is 0 Å². The van der Waals surface area contributed by atoms with E-state index in [0.717, 1.165) is 13.2 Å². The van der Waals surface area contributed by atoms with E-state index in [1.807, 2.05) is 0 Å². The molecule has 15 heavy (non-hydrogen) atoms. The van der Waals surface area contributed by atoms with Crippen molar-refractivity contribution in [3.8, 4) is 0 Å². The van der Waals surface area contributed by atoms with Crippen molar-refractivity contribution in [2.24, 2.45) is 0 Å². The van der Waals surface area contributed by atoms with Gasteiger partial charge in [0.1, 0.15) is 0 Å². The van der Waals surface area contributed by atoms with Crippen molar-refractivity contribution >= 4 is 0 Å². The van der Waals surface area contributed by atoms with E-state index in [4.69, 9.17) is 4.74 Å². The van der Waals surface area contributed by atoms with Crippen molar-refractivity contribution in [3.63, 3.8) is 0 Å². The number of nitrogens with one attached hydrogen (secondary N) is 1. The van der Waals surface area contributed by atoms with Gasteiger partial charge in [0.2, 0.25) is 0 Å². The lowest BCUT2D eigenvalue weighted by molar-refractivity contribution is -0.0527. The smallest absolute Gasteiger partial charge is 0.0674 e. The van der Waals surface area contributed by atoms with Crippen LogP contribution in [0.15, 0.2) is 0 Å². The molecule has 1 N–H and O–H groups in total. The van der Waals surface area contributed by atoms with Crippen LogP contribution in [0.4, 0.5) is 0 Å². The van der Waals surface area contributed by atoms with Gasteiger partial charge in [-0.3, -0.25) is 4.90 Å². The lowest BCUT2D eigenvalue weighted by Gasteiger charge is -2.39. The summed E-state index contributed by atoms with van der Waals surface area (Å²) in [6.45, 7) is 8.85. The summed E-state index contributed by atoms with van der Waals surface area (Å²) in [5.41, 5.74) is 0. The number of ether oxygens (including phenoxy) is 1. The fraction of sp³-hybridized carbons (Fsp3) is 1.00. The number of hydrogen-bond donors (Lipinski definition) is 1. The molecule has 0 amide bonds. The van der Waals surface area contributed by atoms with E-state index in [9.17, 15) is 0 Å². The molecule has 0 aromatic rings. The summed E-state index contributed by atoms with van der Waals surface area (Å²) in [5.74, 6) is 0. The highest BCUT2D eigenvalue weighted by molar-refractivity contribution is 4.82. The average Bonchev–Trinajstić information content (AvgIpc) is 2.25. The summed E-state index contributed by atoms with van der Waals surface area (Å²) in [6.07, 6.45) is 4.50. The molecule has 88 valence electrons. The van der Waals surface area contributed by atoms with Gasteiger partial charge in [-0.2, -0.15) is 0 Å². The molecule has 0 aliphatic carbocycles. The average molecular weight is 212 g/mol. The van der Waals surface area contributed by atoms with Crippen LogP contribution in [0.1, 0.15) is 33.1 Å². The highest BCUT2D eigenvalue weighted by atomic mass is 16.5. The topological polar surface area (TPSA) is 24.5 Å². The number of hydrogen-bond acceptors (Lipinski definition) is 3. The van der Waals surface area contributed by atoms with Crippen molar-refractivity contribution in [3.05, 3.63) is 0 Å². The van der Waals surface area contributed by atoms with Crippen molar-refractivity contribution in [2.45, 2.75) is 51.3 Å². The normalized spacial score (nSPS) is 39.2. The van der Waals surface area contributed by atoms with E-state index in [1.54, 1.807) is 0 Å². The van der Waals surface area contributed by atoms with Gasteiger partial charge in [-0.15, -0.1) is 0 Å². The molecule has 2 rings (SSSR count). The van der Waals surface area contributed by atoms with Crippen LogP contribution in [0.2, 0.25) is 0 Å². The second-order valence-corrected chi connectivity index (χ2v) is 5.09. The Hall–Kier alpha value is -0.120. The molecule has 0 bridgehead atoms. The fourth-order valence-corrected chi connectivity index (χ4v) is 2.59. The van der Waals surface area contributed by atoms with Crippen molar-refractivity contribution in [2.75, 3.05) is 26.2 Å². The van der Waals surface area contributed by atoms with Crippen LogP contribution >= 0.6 is 0 Å². The number of morpholine rings is 1. The minimum absolute atomic E-state index is 0.407. The molecule has 0 aromatic heterocycles. The summed E-state index contributed by atoms with van der Waals surface area (Å²) in [7, 11) is 0. The monoisotopic (exact) mass is 212 g/mol. The molecule has 3 nitrogen and oxygen atoms in total. The first-order valence-electron chi connectivity index (χ1n) is 6.34. The first-order chi connectivity index (χ1) is 7.25. The Bertz CT molecular complexity index is 192. The molecule has 2 aliphatic heterocycles. The molecule has 2 fully saturated rings. The molecule has 3 atom stereocenters. The molecular formula is C12H24N2O. The Morgan fingerprint density at radius 1 is 1.33 bits per heavy atom. The molecule has 0 aromatic carbocycles. The van der Waals surface area contributed by atoms with E-state index < -0.39 is 0 Å². The molecular weight excluding hydrogens is 188 g/mol. The zero-order valence-corrected chi connectivity index (χ0v) is 10.0. The molecule has 0 saturated carbocycles. The van der Waals surface area contributed by atoms with Crippen molar-refractivity contribution in [1.29, 1.82) is 0 Å². The van der Waals surface area contributed by atoms with Gasteiger partial charge in [0.15, 0.2) is 0 Å². The highest BCUT2D eigenvalue weighted by Gasteiger charge is 2.26. The van der Waals surface area contributed by atoms with Gasteiger partial charge in [0.25, 0.3) is 0 Å². The summed E-state index contributed by atoms with van der Waals surface area (Å²) in [5, 5.41) is 3.62. The molecule has 2 aliphatic rings. The minimum Gasteiger partial charge on any atom is -0.376 e. The van der Waals surface area contributed by atoms with Gasteiger partial charge in [-0.05, 0) is 33.2 Å². The van der Waals surface area contributed by atoms with Gasteiger partial charge in [0, 0.05) is 25.2 Å². The highest BCUT2D eigenvalue weighted by Crippen LogP contribution is 2.15. The fourth-order valence-electron chi connectivity index (χ4n) is 2.59. The Kier molecular flexibility index (Phi) is 4.00. The van der Waals surface area contributed by atoms with Crippen LogP contribution < -0.4 is 5.32 Å². The van der Waals surface area contributed by atoms with Crippen LogP contribution in [0.25, 0.3) is 0 Å². The van der Waals surface area contributed by atoms with Crippen LogP contribution in [-0.4, -0.2) is 49.3 Å². The van der Waals surface area contributed by atoms with Crippen molar-refractivity contribution < 1.29 is 4.74 Å². The Balaban J connectivity index is 1.80. The maximum atomic E-state index is 5.65. The molecule has 0 radical (unpaired) electrons. The van der Waals surface area contributed by atoms with Gasteiger partial charge >= 0.3 is 0 Å². The second-order valence-electron chi connectivity index (χ2n) is 5.09. The maximum absolute atomic E-state index is 5.65. The predicted molar refractivity (Wildman–Crippen MR) is 62.1 cm³/mol. The maximum Gasteiger partial charge on any atom is 0.0674 e. The largest absolute Gasteiger partial charge is 0.376 e. The summed E-state index contributed by atoms with van der Waals surface area (Å²) >= 11 is 0. The Morgan fingerprint density at radius 3 is 2.93 bits per heavy atom. The van der Waals surface area contributed by atoms with Gasteiger partial charge in [-0.1, -0.05) is 6.42 Å². The number of rotatable bonds is 2. The number of nitrogens with zero attached hydrogens (tertiary/aromatic N) is 1. The molecule has 3 heteroatoms. The predicted octanol–water partition coefficient (Wildman–Crippen LogP) is 1.24. The molecule has 0 spiro atoms. The van der Waals surface area contributed by atoms with Crippen LogP contribution in [0.3, 0.4) is 0 Å². The standard InChI is InChI=1S/C12H24N2O/c1-10-9-15-11(2)7-14(10)8-12-5-3-4-6-13-12/h10-13H,3-9H2,1-2H3. The van der Waals surface area contributed by atoms with Crippen LogP contribution in [0.5, 0.6) is 0 Å². The molecule has 2 heterocycles. The van der Waals surface area contributed by atoms with Gasteiger partial charge < -0.3 is 10.1 Å². The van der Waals surface area contributed by atoms with Crippen molar-refractivity contribution in [1.82, 2.24) is 10.2 Å². The SMILES string of the molecule is CC1CN(CC2CCCCN2)C(C)CO1. The molecule has 3 unspecified atom stereocenters. The quantitative estimate of drug-likeness (QED) is 0.745. The summed E-state index contributed by atoms with van der Waals surface area (Å²) in [4.78, 5) is 2.58. The molecule has 2 saturated heterocycles. The van der Waals surface area contributed by atoms with Crippen LogP contribution in [0, 0.1) is 0 Å². The minimum atomic E-state index is 0.407. The third-order valence-corrected chi connectivity index (χ3v) is 3.60. The summed E-state index contributed by atoms with van der Waals surface area (Å²) < 4.78 is 5.65.